The molecule has 1 saturated heterocycles. The Labute approximate surface area is 163 Å². The van der Waals surface area contributed by atoms with Crippen LogP contribution >= 0.6 is 0 Å². The van der Waals surface area contributed by atoms with Crippen LogP contribution in [-0.2, 0) is 20.9 Å². The Morgan fingerprint density at radius 2 is 1.86 bits per heavy atom. The van der Waals surface area contributed by atoms with Crippen LogP contribution in [-0.4, -0.2) is 27.7 Å². The lowest BCUT2D eigenvalue weighted by Crippen LogP contribution is -2.33. The lowest BCUT2D eigenvalue weighted by Gasteiger charge is -2.17. The Balaban J connectivity index is 1.89. The van der Waals surface area contributed by atoms with Gasteiger partial charge in [0.25, 0.3) is 0 Å². The fraction of sp³-hybridized carbons (Fsp3) is 0.333. The van der Waals surface area contributed by atoms with Crippen molar-refractivity contribution in [1.82, 2.24) is 4.72 Å². The van der Waals surface area contributed by atoms with Gasteiger partial charge in [0.2, 0.25) is 10.0 Å². The third kappa shape index (κ3) is 5.22. The molecule has 0 amide bonds. The van der Waals surface area contributed by atoms with Gasteiger partial charge in [-0.3, -0.25) is 0 Å². The van der Waals surface area contributed by atoms with Gasteiger partial charge >= 0.3 is 6.18 Å². The standard InChI is InChI=1S/C18H17F5N2O3S/c19-11-3-5-16(15(20)8-11)25-12-4-6-17(14(9-12)18(21,22)23)29(26,27)24-10-13-2-1-7-28-13/h3-6,8-9,13,24-25H,1-2,7,10H2. The predicted molar refractivity (Wildman–Crippen MR) is 95.2 cm³/mol. The van der Waals surface area contributed by atoms with E-state index in [1.165, 1.54) is 0 Å². The zero-order valence-corrected chi connectivity index (χ0v) is 15.7. The maximum atomic E-state index is 13.7. The molecule has 1 heterocycles. The Kier molecular flexibility index (Phi) is 6.11. The molecule has 3 rings (SSSR count). The van der Waals surface area contributed by atoms with Gasteiger partial charge in [0.1, 0.15) is 11.6 Å². The molecule has 0 radical (unpaired) electrons. The molecular formula is C18H17F5N2O3S. The summed E-state index contributed by atoms with van der Waals surface area (Å²) in [6.45, 7) is 0.334. The van der Waals surface area contributed by atoms with E-state index in [1.807, 2.05) is 0 Å². The topological polar surface area (TPSA) is 67.4 Å². The van der Waals surface area contributed by atoms with Crippen molar-refractivity contribution in [3.63, 3.8) is 0 Å². The number of nitrogens with one attached hydrogen (secondary N) is 2. The lowest BCUT2D eigenvalue weighted by atomic mass is 10.2. The average molecular weight is 436 g/mol. The number of alkyl halides is 3. The van der Waals surface area contributed by atoms with Crippen molar-refractivity contribution in [1.29, 1.82) is 0 Å². The van der Waals surface area contributed by atoms with Crippen molar-refractivity contribution in [2.24, 2.45) is 0 Å². The van der Waals surface area contributed by atoms with Crippen molar-refractivity contribution in [2.45, 2.75) is 30.0 Å². The van der Waals surface area contributed by atoms with E-state index >= 15 is 0 Å². The van der Waals surface area contributed by atoms with Gasteiger partial charge in [-0.25, -0.2) is 21.9 Å². The first-order chi connectivity index (χ1) is 13.6. The molecule has 2 N–H and O–H groups in total. The van der Waals surface area contributed by atoms with Crippen molar-refractivity contribution < 1.29 is 35.1 Å². The molecule has 0 spiro atoms. The molecule has 2 aromatic carbocycles. The molecule has 0 bridgehead atoms. The normalized spacial score (nSPS) is 17.5. The molecule has 11 heteroatoms. The van der Waals surface area contributed by atoms with Crippen LogP contribution in [0, 0.1) is 11.6 Å². The highest BCUT2D eigenvalue weighted by atomic mass is 32.2. The van der Waals surface area contributed by atoms with E-state index < -0.39 is 38.3 Å². The molecule has 0 aliphatic carbocycles. The largest absolute Gasteiger partial charge is 0.417 e. The zero-order valence-electron chi connectivity index (χ0n) is 14.9. The molecule has 1 aliphatic rings. The van der Waals surface area contributed by atoms with Crippen LogP contribution in [0.15, 0.2) is 41.3 Å². The fourth-order valence-corrected chi connectivity index (χ4v) is 4.17. The molecule has 1 aliphatic heterocycles. The first-order valence-corrected chi connectivity index (χ1v) is 10.1. The summed E-state index contributed by atoms with van der Waals surface area (Å²) in [5.41, 5.74) is -1.88. The molecular weight excluding hydrogens is 419 g/mol. The fourth-order valence-electron chi connectivity index (χ4n) is 2.90. The molecule has 0 saturated carbocycles. The number of anilines is 2. The third-order valence-electron chi connectivity index (χ3n) is 4.31. The van der Waals surface area contributed by atoms with E-state index in [2.05, 4.69) is 10.0 Å². The van der Waals surface area contributed by atoms with E-state index in [1.54, 1.807) is 0 Å². The molecule has 1 fully saturated rings. The Morgan fingerprint density at radius 3 is 2.48 bits per heavy atom. The summed E-state index contributed by atoms with van der Waals surface area (Å²) < 4.78 is 99.5. The molecule has 1 atom stereocenters. The Hall–Kier alpha value is -2.24. The quantitative estimate of drug-likeness (QED) is 0.667. The van der Waals surface area contributed by atoms with Crippen LogP contribution in [0.5, 0.6) is 0 Å². The molecule has 5 nitrogen and oxygen atoms in total. The molecule has 158 valence electrons. The molecule has 29 heavy (non-hydrogen) atoms. The Morgan fingerprint density at radius 1 is 1.10 bits per heavy atom. The minimum absolute atomic E-state index is 0.138. The van der Waals surface area contributed by atoms with E-state index in [-0.39, 0.29) is 24.0 Å². The lowest BCUT2D eigenvalue weighted by molar-refractivity contribution is -0.139. The number of ether oxygens (including phenoxy) is 1. The van der Waals surface area contributed by atoms with Crippen molar-refractivity contribution in [3.05, 3.63) is 53.6 Å². The second-order valence-corrected chi connectivity index (χ2v) is 8.18. The van der Waals surface area contributed by atoms with E-state index in [4.69, 9.17) is 4.74 Å². The van der Waals surface area contributed by atoms with E-state index in [0.717, 1.165) is 30.7 Å². The van der Waals surface area contributed by atoms with Crippen LogP contribution in [0.25, 0.3) is 0 Å². The average Bonchev–Trinajstić information content (AvgIpc) is 3.15. The second kappa shape index (κ2) is 8.25. The van der Waals surface area contributed by atoms with Gasteiger partial charge in [-0.15, -0.1) is 0 Å². The third-order valence-corrected chi connectivity index (χ3v) is 5.79. The van der Waals surface area contributed by atoms with Crippen LogP contribution in [0.2, 0.25) is 0 Å². The summed E-state index contributed by atoms with van der Waals surface area (Å²) in [5.74, 6) is -1.85. The monoisotopic (exact) mass is 436 g/mol. The van der Waals surface area contributed by atoms with Crippen molar-refractivity contribution in [2.75, 3.05) is 18.5 Å². The summed E-state index contributed by atoms with van der Waals surface area (Å²) in [4.78, 5) is -0.951. The molecule has 2 aromatic rings. The zero-order chi connectivity index (χ0) is 21.2. The number of benzene rings is 2. The number of hydrogen-bond donors (Lipinski definition) is 2. The van der Waals surface area contributed by atoms with Gasteiger partial charge in [-0.2, -0.15) is 13.2 Å². The summed E-state index contributed by atoms with van der Waals surface area (Å²) in [5, 5.41) is 2.39. The first-order valence-electron chi connectivity index (χ1n) is 8.61. The van der Waals surface area contributed by atoms with Crippen LogP contribution in [0.3, 0.4) is 0 Å². The summed E-state index contributed by atoms with van der Waals surface area (Å²) >= 11 is 0. The minimum atomic E-state index is -4.98. The summed E-state index contributed by atoms with van der Waals surface area (Å²) in [6.07, 6.45) is -4.00. The van der Waals surface area contributed by atoms with Crippen LogP contribution in [0.4, 0.5) is 33.3 Å². The summed E-state index contributed by atoms with van der Waals surface area (Å²) in [7, 11) is -4.47. The number of halogens is 5. The highest BCUT2D eigenvalue weighted by Gasteiger charge is 2.37. The van der Waals surface area contributed by atoms with Crippen LogP contribution in [0.1, 0.15) is 18.4 Å². The van der Waals surface area contributed by atoms with E-state index in [0.29, 0.717) is 25.2 Å². The smallest absolute Gasteiger partial charge is 0.377 e. The second-order valence-electron chi connectivity index (χ2n) is 6.44. The van der Waals surface area contributed by atoms with Gasteiger partial charge in [0.05, 0.1) is 22.3 Å². The van der Waals surface area contributed by atoms with Gasteiger partial charge in [0, 0.05) is 24.9 Å². The highest BCUT2D eigenvalue weighted by Crippen LogP contribution is 2.36. The van der Waals surface area contributed by atoms with Crippen LogP contribution < -0.4 is 10.0 Å². The van der Waals surface area contributed by atoms with Gasteiger partial charge in [0.15, 0.2) is 0 Å². The Bertz CT molecular complexity index is 989. The molecule has 1 unspecified atom stereocenters. The maximum absolute atomic E-state index is 13.7. The highest BCUT2D eigenvalue weighted by molar-refractivity contribution is 7.89. The predicted octanol–water partition coefficient (Wildman–Crippen LogP) is 4.18. The number of rotatable bonds is 6. The van der Waals surface area contributed by atoms with Crippen molar-refractivity contribution in [3.8, 4) is 0 Å². The van der Waals surface area contributed by atoms with Crippen molar-refractivity contribution >= 4 is 21.4 Å². The SMILES string of the molecule is O=S(=O)(NCC1CCCO1)c1ccc(Nc2ccc(F)cc2F)cc1C(F)(F)F. The van der Waals surface area contributed by atoms with Gasteiger partial charge in [-0.05, 0) is 43.2 Å². The summed E-state index contributed by atoms with van der Waals surface area (Å²) in [6, 6.07) is 4.93. The van der Waals surface area contributed by atoms with Gasteiger partial charge < -0.3 is 10.1 Å². The minimum Gasteiger partial charge on any atom is -0.377 e. The number of sulfonamides is 1. The molecule has 0 aromatic heterocycles. The maximum Gasteiger partial charge on any atom is 0.417 e. The number of hydrogen-bond acceptors (Lipinski definition) is 4. The van der Waals surface area contributed by atoms with Gasteiger partial charge in [-0.1, -0.05) is 0 Å². The van der Waals surface area contributed by atoms with E-state index in [9.17, 15) is 30.4 Å². The first kappa shape index (κ1) is 21.5.